The Morgan fingerprint density at radius 2 is 2.00 bits per heavy atom. The first-order valence-electron chi connectivity index (χ1n) is 9.13. The van der Waals surface area contributed by atoms with E-state index < -0.39 is 0 Å². The minimum atomic E-state index is 0.0168. The van der Waals surface area contributed by atoms with Crippen molar-refractivity contribution in [1.29, 1.82) is 0 Å². The van der Waals surface area contributed by atoms with Gasteiger partial charge in [-0.1, -0.05) is 6.07 Å². The lowest BCUT2D eigenvalue weighted by Gasteiger charge is -2.31. The van der Waals surface area contributed by atoms with Crippen molar-refractivity contribution in [1.82, 2.24) is 9.88 Å². The Bertz CT molecular complexity index is 840. The van der Waals surface area contributed by atoms with Crippen LogP contribution in [0.4, 0.5) is 0 Å². The molecule has 1 amide bonds. The number of aromatic nitrogens is 1. The Labute approximate surface area is 158 Å². The van der Waals surface area contributed by atoms with Crippen LogP contribution in [0.25, 0.3) is 6.08 Å². The molecular formula is C21H22N2O4. The Morgan fingerprint density at radius 3 is 2.78 bits per heavy atom. The summed E-state index contributed by atoms with van der Waals surface area (Å²) in [7, 11) is 0. The molecule has 1 fully saturated rings. The Morgan fingerprint density at radius 1 is 1.19 bits per heavy atom. The number of rotatable bonds is 4. The predicted molar refractivity (Wildman–Crippen MR) is 101 cm³/mol. The number of likely N-dealkylation sites (tertiary alicyclic amines) is 1. The summed E-state index contributed by atoms with van der Waals surface area (Å²) in [5.41, 5.74) is 1.88. The normalized spacial score (nSPS) is 16.7. The second-order valence-electron chi connectivity index (χ2n) is 6.72. The maximum atomic E-state index is 12.4. The predicted octanol–water partition coefficient (Wildman–Crippen LogP) is 3.20. The molecule has 1 aromatic heterocycles. The van der Waals surface area contributed by atoms with Gasteiger partial charge in [0.25, 0.3) is 0 Å². The van der Waals surface area contributed by atoms with Gasteiger partial charge in [0.05, 0.1) is 6.20 Å². The number of nitrogens with zero attached hydrogens (tertiary/aromatic N) is 2. The van der Waals surface area contributed by atoms with Crippen molar-refractivity contribution in [2.75, 3.05) is 19.9 Å². The van der Waals surface area contributed by atoms with Gasteiger partial charge < -0.3 is 19.1 Å². The summed E-state index contributed by atoms with van der Waals surface area (Å²) in [5.74, 6) is 2.26. The van der Waals surface area contributed by atoms with Gasteiger partial charge >= 0.3 is 0 Å². The quantitative estimate of drug-likeness (QED) is 0.778. The fourth-order valence-electron chi connectivity index (χ4n) is 3.20. The fourth-order valence-corrected chi connectivity index (χ4v) is 3.20. The molecule has 0 unspecified atom stereocenters. The number of fused-ring (bicyclic) bond motifs is 1. The molecule has 0 radical (unpaired) electrons. The van der Waals surface area contributed by atoms with E-state index in [4.69, 9.17) is 14.2 Å². The monoisotopic (exact) mass is 366 g/mol. The molecule has 27 heavy (non-hydrogen) atoms. The maximum absolute atomic E-state index is 12.4. The van der Waals surface area contributed by atoms with E-state index in [1.165, 1.54) is 0 Å². The van der Waals surface area contributed by atoms with Crippen LogP contribution in [0.5, 0.6) is 17.2 Å². The van der Waals surface area contributed by atoms with E-state index in [9.17, 15) is 4.79 Å². The smallest absolute Gasteiger partial charge is 0.246 e. The van der Waals surface area contributed by atoms with E-state index in [2.05, 4.69) is 4.98 Å². The Balaban J connectivity index is 1.28. The fraction of sp³-hybridized carbons (Fsp3) is 0.333. The molecule has 1 saturated heterocycles. The lowest BCUT2D eigenvalue weighted by molar-refractivity contribution is -0.127. The van der Waals surface area contributed by atoms with Crippen LogP contribution in [0.3, 0.4) is 0 Å². The average Bonchev–Trinajstić information content (AvgIpc) is 3.16. The number of aryl methyl sites for hydroxylation is 1. The van der Waals surface area contributed by atoms with E-state index in [0.717, 1.165) is 35.6 Å². The molecule has 0 aliphatic carbocycles. The first-order chi connectivity index (χ1) is 13.2. The van der Waals surface area contributed by atoms with Gasteiger partial charge in [0, 0.05) is 37.7 Å². The summed E-state index contributed by atoms with van der Waals surface area (Å²) in [5, 5.41) is 0. The van der Waals surface area contributed by atoms with Gasteiger partial charge in [-0.05, 0) is 42.8 Å². The van der Waals surface area contributed by atoms with Crippen molar-refractivity contribution < 1.29 is 19.0 Å². The lowest BCUT2D eigenvalue weighted by Crippen LogP contribution is -2.41. The minimum Gasteiger partial charge on any atom is -0.489 e. The largest absolute Gasteiger partial charge is 0.489 e. The van der Waals surface area contributed by atoms with Crippen LogP contribution in [0.2, 0.25) is 0 Å². The van der Waals surface area contributed by atoms with Gasteiger partial charge in [-0.25, -0.2) is 0 Å². The number of ether oxygens (including phenoxy) is 3. The van der Waals surface area contributed by atoms with Crippen LogP contribution in [0.15, 0.2) is 42.6 Å². The number of piperidine rings is 1. The molecule has 0 spiro atoms. The number of benzene rings is 1. The van der Waals surface area contributed by atoms with E-state index in [0.29, 0.717) is 18.8 Å². The van der Waals surface area contributed by atoms with E-state index >= 15 is 0 Å². The molecule has 2 aliphatic heterocycles. The summed E-state index contributed by atoms with van der Waals surface area (Å²) in [6, 6.07) is 9.52. The van der Waals surface area contributed by atoms with Crippen molar-refractivity contribution in [3.8, 4) is 17.2 Å². The van der Waals surface area contributed by atoms with Crippen LogP contribution in [0.1, 0.15) is 24.1 Å². The molecule has 2 aromatic rings. The van der Waals surface area contributed by atoms with Gasteiger partial charge in [-0.2, -0.15) is 0 Å². The molecular weight excluding hydrogens is 344 g/mol. The number of amides is 1. The Kier molecular flexibility index (Phi) is 4.96. The second kappa shape index (κ2) is 7.70. The summed E-state index contributed by atoms with van der Waals surface area (Å²) < 4.78 is 16.6. The van der Waals surface area contributed by atoms with E-state index in [-0.39, 0.29) is 18.8 Å². The molecule has 2 aliphatic rings. The number of hydrogen-bond donors (Lipinski definition) is 0. The van der Waals surface area contributed by atoms with Crippen LogP contribution in [-0.4, -0.2) is 41.8 Å². The highest BCUT2D eigenvalue weighted by atomic mass is 16.7. The second-order valence-corrected chi connectivity index (χ2v) is 6.72. The first-order valence-corrected chi connectivity index (χ1v) is 9.13. The lowest BCUT2D eigenvalue weighted by atomic mass is 10.1. The summed E-state index contributed by atoms with van der Waals surface area (Å²) in [6.07, 6.45) is 6.93. The van der Waals surface area contributed by atoms with Crippen molar-refractivity contribution in [3.05, 3.63) is 53.9 Å². The first kappa shape index (κ1) is 17.4. The van der Waals surface area contributed by atoms with Gasteiger partial charge in [0.1, 0.15) is 11.9 Å². The molecule has 0 atom stereocenters. The number of pyridine rings is 1. The summed E-state index contributed by atoms with van der Waals surface area (Å²) in [4.78, 5) is 18.5. The van der Waals surface area contributed by atoms with Crippen molar-refractivity contribution in [3.63, 3.8) is 0 Å². The third-order valence-corrected chi connectivity index (χ3v) is 4.76. The van der Waals surface area contributed by atoms with E-state index in [1.807, 2.05) is 48.2 Å². The highest BCUT2D eigenvalue weighted by Gasteiger charge is 2.23. The molecule has 0 N–H and O–H groups in total. The molecule has 3 heterocycles. The molecule has 6 nitrogen and oxygen atoms in total. The molecule has 140 valence electrons. The summed E-state index contributed by atoms with van der Waals surface area (Å²) in [6.45, 7) is 3.57. The number of carbonyl (C=O) groups is 1. The van der Waals surface area contributed by atoms with Gasteiger partial charge in [-0.15, -0.1) is 0 Å². The summed E-state index contributed by atoms with van der Waals surface area (Å²) >= 11 is 0. The topological polar surface area (TPSA) is 60.9 Å². The van der Waals surface area contributed by atoms with Crippen molar-refractivity contribution >= 4 is 12.0 Å². The highest BCUT2D eigenvalue weighted by Crippen LogP contribution is 2.32. The van der Waals surface area contributed by atoms with E-state index in [1.54, 1.807) is 12.3 Å². The standard InChI is InChI=1S/C21H22N2O4/c1-15-2-5-18(13-22-15)27-17-8-10-23(11-9-17)21(24)7-4-16-3-6-19-20(12-16)26-14-25-19/h2-7,12-13,17H,8-11,14H2,1H3/b7-4+. The third-order valence-electron chi connectivity index (χ3n) is 4.76. The van der Waals surface area contributed by atoms with Gasteiger partial charge in [0.15, 0.2) is 11.5 Å². The SMILES string of the molecule is Cc1ccc(OC2CCN(C(=O)/C=C/c3ccc4c(c3)OCO4)CC2)cn1. The Hall–Kier alpha value is -3.02. The average molecular weight is 366 g/mol. The van der Waals surface area contributed by atoms with Gasteiger partial charge in [-0.3, -0.25) is 9.78 Å². The molecule has 1 aromatic carbocycles. The molecule has 0 bridgehead atoms. The van der Waals surface area contributed by atoms with Crippen molar-refractivity contribution in [2.24, 2.45) is 0 Å². The van der Waals surface area contributed by atoms with Crippen molar-refractivity contribution in [2.45, 2.75) is 25.9 Å². The number of carbonyl (C=O) groups excluding carboxylic acids is 1. The van der Waals surface area contributed by atoms with Crippen LogP contribution in [0, 0.1) is 6.92 Å². The van der Waals surface area contributed by atoms with Gasteiger partial charge in [0.2, 0.25) is 12.7 Å². The van der Waals surface area contributed by atoms with Crippen LogP contribution in [-0.2, 0) is 4.79 Å². The minimum absolute atomic E-state index is 0.0168. The zero-order chi connectivity index (χ0) is 18.6. The maximum Gasteiger partial charge on any atom is 0.246 e. The zero-order valence-electron chi connectivity index (χ0n) is 15.3. The third kappa shape index (κ3) is 4.22. The molecule has 0 saturated carbocycles. The van der Waals surface area contributed by atoms with Crippen LogP contribution >= 0.6 is 0 Å². The zero-order valence-corrected chi connectivity index (χ0v) is 15.3. The number of hydrogen-bond acceptors (Lipinski definition) is 5. The molecule has 4 rings (SSSR count). The van der Waals surface area contributed by atoms with Crippen LogP contribution < -0.4 is 14.2 Å². The molecule has 6 heteroatoms. The highest BCUT2D eigenvalue weighted by molar-refractivity contribution is 5.92.